The fourth-order valence-electron chi connectivity index (χ4n) is 5.44. The molecule has 0 aliphatic carbocycles. The highest BCUT2D eigenvalue weighted by Gasteiger charge is 2.30. The van der Waals surface area contributed by atoms with Crippen LogP contribution in [0.2, 0.25) is 0 Å². The van der Waals surface area contributed by atoms with Gasteiger partial charge in [-0.1, -0.05) is 12.1 Å². The molecule has 5 rings (SSSR count). The van der Waals surface area contributed by atoms with E-state index >= 15 is 0 Å². The number of hydrogen-bond donors (Lipinski definition) is 0. The minimum atomic E-state index is -3.63. The Morgan fingerprint density at radius 1 is 0.667 bits per heavy atom. The Kier molecular flexibility index (Phi) is 10.7. The second kappa shape index (κ2) is 13.8. The molecule has 0 bridgehead atoms. The number of nitrogens with zero attached hydrogens (tertiary/aromatic N) is 4. The Hall–Kier alpha value is -2.55. The Bertz CT molecular complexity index is 1480. The minimum Gasteiger partial charge on any atom is -0.461 e. The SMILES string of the molecule is Cl.O=C(OCCN1CCN(C(=O)c2cccc(S(=O)(=O)N3CCCC3)c2)CC1)c1cccc(S(=O)(=O)N2CCCC2)c1. The minimum absolute atomic E-state index is 0. The van der Waals surface area contributed by atoms with Gasteiger partial charge in [0.2, 0.25) is 20.0 Å². The molecule has 0 N–H and O–H groups in total. The lowest BCUT2D eigenvalue weighted by molar-refractivity contribution is 0.0411. The summed E-state index contributed by atoms with van der Waals surface area (Å²) in [5.74, 6) is -0.792. The van der Waals surface area contributed by atoms with E-state index in [4.69, 9.17) is 4.74 Å². The van der Waals surface area contributed by atoms with E-state index < -0.39 is 26.0 Å². The molecular weight excluding hydrogens is 604 g/mol. The molecule has 0 spiro atoms. The molecule has 3 saturated heterocycles. The van der Waals surface area contributed by atoms with Crippen molar-refractivity contribution < 1.29 is 31.2 Å². The van der Waals surface area contributed by atoms with Crippen molar-refractivity contribution in [1.29, 1.82) is 0 Å². The summed E-state index contributed by atoms with van der Waals surface area (Å²) in [5.41, 5.74) is 0.538. The van der Waals surface area contributed by atoms with Crippen molar-refractivity contribution in [2.75, 3.05) is 65.5 Å². The lowest BCUT2D eigenvalue weighted by Gasteiger charge is -2.34. The van der Waals surface area contributed by atoms with Crippen molar-refractivity contribution in [1.82, 2.24) is 18.4 Å². The third-order valence-electron chi connectivity index (χ3n) is 7.86. The first-order valence-corrected chi connectivity index (χ1v) is 16.9. The molecule has 0 radical (unpaired) electrons. The van der Waals surface area contributed by atoms with Gasteiger partial charge >= 0.3 is 5.97 Å². The monoisotopic (exact) mass is 640 g/mol. The van der Waals surface area contributed by atoms with E-state index in [9.17, 15) is 26.4 Å². The third-order valence-corrected chi connectivity index (χ3v) is 11.6. The highest BCUT2D eigenvalue weighted by molar-refractivity contribution is 7.89. The van der Waals surface area contributed by atoms with E-state index in [1.165, 1.54) is 32.9 Å². The van der Waals surface area contributed by atoms with E-state index in [-0.39, 0.29) is 40.3 Å². The largest absolute Gasteiger partial charge is 0.461 e. The molecule has 0 aromatic heterocycles. The van der Waals surface area contributed by atoms with Gasteiger partial charge in [-0.05, 0) is 62.1 Å². The Morgan fingerprint density at radius 2 is 1.14 bits per heavy atom. The van der Waals surface area contributed by atoms with Crippen LogP contribution in [0.25, 0.3) is 0 Å². The summed E-state index contributed by atoms with van der Waals surface area (Å²) >= 11 is 0. The predicted molar refractivity (Wildman–Crippen MR) is 159 cm³/mol. The van der Waals surface area contributed by atoms with Crippen LogP contribution in [0, 0.1) is 0 Å². The first-order chi connectivity index (χ1) is 19.7. The van der Waals surface area contributed by atoms with Gasteiger partial charge in [-0.3, -0.25) is 9.69 Å². The fourth-order valence-corrected chi connectivity index (χ4v) is 8.56. The van der Waals surface area contributed by atoms with E-state index in [1.807, 2.05) is 0 Å². The Balaban J connectivity index is 0.00000405. The summed E-state index contributed by atoms with van der Waals surface area (Å²) < 4.78 is 59.8. The second-order valence-electron chi connectivity index (χ2n) is 10.5. The summed E-state index contributed by atoms with van der Waals surface area (Å²) in [5, 5.41) is 0. The van der Waals surface area contributed by atoms with Crippen molar-refractivity contribution in [3.63, 3.8) is 0 Å². The van der Waals surface area contributed by atoms with E-state index in [0.717, 1.165) is 25.7 Å². The van der Waals surface area contributed by atoms with Crippen LogP contribution < -0.4 is 0 Å². The van der Waals surface area contributed by atoms with Crippen LogP contribution in [0.15, 0.2) is 58.3 Å². The number of carbonyl (C=O) groups is 2. The zero-order valence-electron chi connectivity index (χ0n) is 23.4. The van der Waals surface area contributed by atoms with Crippen LogP contribution in [0.4, 0.5) is 0 Å². The van der Waals surface area contributed by atoms with Gasteiger partial charge in [0.1, 0.15) is 6.61 Å². The maximum absolute atomic E-state index is 13.1. The third kappa shape index (κ3) is 7.14. The second-order valence-corrected chi connectivity index (χ2v) is 14.4. The molecule has 2 aromatic rings. The topological polar surface area (TPSA) is 125 Å². The average molecular weight is 641 g/mol. The molecule has 0 atom stereocenters. The van der Waals surface area contributed by atoms with Crippen LogP contribution in [0.3, 0.4) is 0 Å². The molecule has 0 saturated carbocycles. The van der Waals surface area contributed by atoms with Crippen LogP contribution in [-0.2, 0) is 24.8 Å². The van der Waals surface area contributed by atoms with Gasteiger partial charge in [-0.25, -0.2) is 21.6 Å². The first-order valence-electron chi connectivity index (χ1n) is 14.1. The normalized spacial score (nSPS) is 19.0. The van der Waals surface area contributed by atoms with Crippen molar-refractivity contribution in [2.45, 2.75) is 35.5 Å². The molecule has 3 heterocycles. The molecule has 11 nitrogen and oxygen atoms in total. The van der Waals surface area contributed by atoms with Gasteiger partial charge in [0, 0.05) is 64.5 Å². The van der Waals surface area contributed by atoms with Gasteiger partial charge in [0.15, 0.2) is 0 Å². The molecule has 2 aromatic carbocycles. The molecule has 0 unspecified atom stereocenters. The van der Waals surface area contributed by atoms with Crippen LogP contribution >= 0.6 is 12.4 Å². The number of carbonyl (C=O) groups excluding carboxylic acids is 2. The van der Waals surface area contributed by atoms with Gasteiger partial charge in [0.05, 0.1) is 15.4 Å². The molecule has 3 fully saturated rings. The number of benzene rings is 2. The zero-order valence-corrected chi connectivity index (χ0v) is 25.8. The summed E-state index contributed by atoms with van der Waals surface area (Å²) in [6.45, 7) is 4.69. The average Bonchev–Trinajstić information content (AvgIpc) is 3.73. The van der Waals surface area contributed by atoms with E-state index in [1.54, 1.807) is 29.2 Å². The van der Waals surface area contributed by atoms with Crippen molar-refractivity contribution in [2.24, 2.45) is 0 Å². The maximum Gasteiger partial charge on any atom is 0.338 e. The lowest BCUT2D eigenvalue weighted by atomic mass is 10.2. The smallest absolute Gasteiger partial charge is 0.338 e. The standard InChI is InChI=1S/C28H36N4O7S2.ClH/c33-27(23-7-5-9-25(21-23)40(35,36)31-11-1-2-12-31)30-17-15-29(16-18-30)19-20-39-28(34)24-8-6-10-26(22-24)41(37,38)32-13-3-4-14-32;/h5-10,21-22H,1-4,11-20H2;1H. The van der Waals surface area contributed by atoms with Gasteiger partial charge in [-0.15, -0.1) is 12.4 Å². The summed E-state index contributed by atoms with van der Waals surface area (Å²) in [7, 11) is -7.23. The number of amides is 1. The molecule has 230 valence electrons. The fraction of sp³-hybridized carbons (Fsp3) is 0.500. The summed E-state index contributed by atoms with van der Waals surface area (Å²) in [6.07, 6.45) is 3.36. The molecule has 14 heteroatoms. The van der Waals surface area contributed by atoms with Crippen LogP contribution in [-0.4, -0.2) is 113 Å². The van der Waals surface area contributed by atoms with Crippen molar-refractivity contribution in [3.8, 4) is 0 Å². The molecule has 3 aliphatic rings. The molecule has 1 amide bonds. The molecular formula is C28H37ClN4O7S2. The predicted octanol–water partition coefficient (Wildman–Crippen LogP) is 2.29. The van der Waals surface area contributed by atoms with Crippen molar-refractivity contribution >= 4 is 44.3 Å². The summed E-state index contributed by atoms with van der Waals surface area (Å²) in [4.78, 5) is 29.8. The van der Waals surface area contributed by atoms with Gasteiger partial charge in [-0.2, -0.15) is 8.61 Å². The lowest BCUT2D eigenvalue weighted by Crippen LogP contribution is -2.49. The van der Waals surface area contributed by atoms with Gasteiger partial charge in [0.25, 0.3) is 5.91 Å². The Labute approximate surface area is 253 Å². The van der Waals surface area contributed by atoms with Crippen LogP contribution in [0.1, 0.15) is 46.4 Å². The summed E-state index contributed by atoms with van der Waals surface area (Å²) in [6, 6.07) is 12.2. The quantitative estimate of drug-likeness (QED) is 0.383. The number of piperazine rings is 1. The number of halogens is 1. The number of esters is 1. The van der Waals surface area contributed by atoms with E-state index in [0.29, 0.717) is 64.5 Å². The number of rotatable bonds is 9. The number of sulfonamides is 2. The highest BCUT2D eigenvalue weighted by Crippen LogP contribution is 2.23. The highest BCUT2D eigenvalue weighted by atomic mass is 35.5. The molecule has 42 heavy (non-hydrogen) atoms. The van der Waals surface area contributed by atoms with Gasteiger partial charge < -0.3 is 9.64 Å². The molecule has 3 aliphatic heterocycles. The van der Waals surface area contributed by atoms with Crippen LogP contribution in [0.5, 0.6) is 0 Å². The number of hydrogen-bond acceptors (Lipinski definition) is 8. The van der Waals surface area contributed by atoms with E-state index in [2.05, 4.69) is 4.90 Å². The zero-order chi connectivity index (χ0) is 29.0. The first kappa shape index (κ1) is 32.4. The van der Waals surface area contributed by atoms with Crippen molar-refractivity contribution in [3.05, 3.63) is 59.7 Å². The maximum atomic E-state index is 13.1. The number of ether oxygens (including phenoxy) is 1. The Morgan fingerprint density at radius 3 is 1.67 bits per heavy atom.